The Balaban J connectivity index is 2.02. The molecular weight excluding hydrogens is 455 g/mol. The Morgan fingerprint density at radius 2 is 1.44 bits per heavy atom. The molecule has 2 aromatic carbocycles. The molecule has 3 atom stereocenters. The number of halogens is 3. The van der Waals surface area contributed by atoms with E-state index in [1.165, 1.54) is 4.90 Å². The number of benzene rings is 2. The quantitative estimate of drug-likeness (QED) is 0.321. The van der Waals surface area contributed by atoms with Crippen LogP contribution in [-0.2, 0) is 6.18 Å². The zero-order valence-electron chi connectivity index (χ0n) is 17.4. The highest BCUT2D eigenvalue weighted by molar-refractivity contribution is 5.74. The van der Waals surface area contributed by atoms with Gasteiger partial charge >= 0.3 is 6.18 Å². The first-order valence-corrected chi connectivity index (χ1v) is 10.1. The van der Waals surface area contributed by atoms with Crippen LogP contribution in [0.15, 0.2) is 66.7 Å². The van der Waals surface area contributed by atoms with E-state index in [4.69, 9.17) is 5.11 Å². The van der Waals surface area contributed by atoms with Gasteiger partial charge in [-0.25, -0.2) is 9.38 Å². The molecule has 9 nitrogen and oxygen atoms in total. The second kappa shape index (κ2) is 9.35. The van der Waals surface area contributed by atoms with E-state index in [-0.39, 0.29) is 17.4 Å². The van der Waals surface area contributed by atoms with Crippen molar-refractivity contribution in [2.24, 2.45) is 0 Å². The Bertz CT molecular complexity index is 1210. The van der Waals surface area contributed by atoms with E-state index >= 15 is 0 Å². The van der Waals surface area contributed by atoms with Gasteiger partial charge in [0, 0.05) is 17.4 Å². The molecule has 0 aliphatic heterocycles. The van der Waals surface area contributed by atoms with Gasteiger partial charge in [-0.3, -0.25) is 4.90 Å². The van der Waals surface area contributed by atoms with E-state index in [1.807, 2.05) is 0 Å². The van der Waals surface area contributed by atoms with Gasteiger partial charge in [0.05, 0.1) is 6.61 Å². The van der Waals surface area contributed by atoms with Crippen molar-refractivity contribution in [1.82, 2.24) is 19.6 Å². The molecule has 2 aromatic heterocycles. The van der Waals surface area contributed by atoms with Crippen LogP contribution in [-0.4, -0.2) is 58.8 Å². The molecule has 12 heteroatoms. The third-order valence-electron chi connectivity index (χ3n) is 5.09. The molecule has 4 N–H and O–H groups in total. The summed E-state index contributed by atoms with van der Waals surface area (Å²) in [5.74, 6) is -0.685. The summed E-state index contributed by atoms with van der Waals surface area (Å²) < 4.78 is 42.2. The lowest BCUT2D eigenvalue weighted by molar-refractivity contribution is -0.141. The maximum absolute atomic E-state index is 13.7. The highest BCUT2D eigenvalue weighted by atomic mass is 19.4. The van der Waals surface area contributed by atoms with Crippen LogP contribution in [0.3, 0.4) is 0 Å². The Labute approximate surface area is 191 Å². The molecule has 4 rings (SSSR count). The fourth-order valence-electron chi connectivity index (χ4n) is 3.41. The van der Waals surface area contributed by atoms with Gasteiger partial charge in [0.25, 0.3) is 0 Å². The minimum Gasteiger partial charge on any atom is -0.394 e. The van der Waals surface area contributed by atoms with Crippen LogP contribution in [0, 0.1) is 0 Å². The maximum Gasteiger partial charge on any atom is 0.433 e. The predicted molar refractivity (Wildman–Crippen MR) is 115 cm³/mol. The Kier molecular flexibility index (Phi) is 6.48. The molecule has 4 aromatic rings. The first-order chi connectivity index (χ1) is 16.2. The van der Waals surface area contributed by atoms with Crippen molar-refractivity contribution in [1.29, 1.82) is 0 Å². The number of anilines is 3. The van der Waals surface area contributed by atoms with Crippen LogP contribution in [0.25, 0.3) is 5.65 Å². The molecule has 34 heavy (non-hydrogen) atoms. The average molecular weight is 475 g/mol. The van der Waals surface area contributed by atoms with Crippen LogP contribution in [0.5, 0.6) is 0 Å². The topological polar surface area (TPSA) is 127 Å². The lowest BCUT2D eigenvalue weighted by Crippen LogP contribution is -2.35. The van der Waals surface area contributed by atoms with Crippen LogP contribution >= 0.6 is 0 Å². The average Bonchev–Trinajstić information content (AvgIpc) is 3.28. The minimum absolute atomic E-state index is 0.297. The third kappa shape index (κ3) is 4.43. The van der Waals surface area contributed by atoms with Crippen LogP contribution in [0.1, 0.15) is 17.6 Å². The molecule has 0 spiro atoms. The van der Waals surface area contributed by atoms with E-state index in [0.717, 1.165) is 4.40 Å². The molecule has 0 saturated carbocycles. The van der Waals surface area contributed by atoms with Gasteiger partial charge in [-0.1, -0.05) is 36.4 Å². The van der Waals surface area contributed by atoms with Gasteiger partial charge in [-0.2, -0.15) is 13.2 Å². The van der Waals surface area contributed by atoms with Crippen molar-refractivity contribution in [3.05, 3.63) is 78.2 Å². The number of hydrogen-bond donors (Lipinski definition) is 4. The Morgan fingerprint density at radius 1 is 0.882 bits per heavy atom. The number of nitrogens with zero attached hydrogens (tertiary/aromatic N) is 5. The van der Waals surface area contributed by atoms with Crippen molar-refractivity contribution in [3.8, 4) is 0 Å². The summed E-state index contributed by atoms with van der Waals surface area (Å²) in [7, 11) is 0. The van der Waals surface area contributed by atoms with Crippen molar-refractivity contribution in [3.63, 3.8) is 0 Å². The largest absolute Gasteiger partial charge is 0.433 e. The summed E-state index contributed by atoms with van der Waals surface area (Å²) in [5.41, 5.74) is -0.635. The second-order valence-corrected chi connectivity index (χ2v) is 7.38. The number of para-hydroxylation sites is 2. The zero-order valence-corrected chi connectivity index (χ0v) is 17.4. The third-order valence-corrected chi connectivity index (χ3v) is 5.09. The second-order valence-electron chi connectivity index (χ2n) is 7.38. The van der Waals surface area contributed by atoms with Gasteiger partial charge in [-0.15, -0.1) is 10.2 Å². The molecule has 0 saturated heterocycles. The molecule has 2 heterocycles. The molecule has 0 fully saturated rings. The lowest BCUT2D eigenvalue weighted by atomic mass is 10.1. The number of hydrogen-bond acceptors (Lipinski definition) is 8. The SMILES string of the molecule is OC[C@@H](O)[C@H](O)[C@H](O)c1nnc2cc(C(F)(F)F)nc(N(c3ccccc3)c3ccccc3)n12. The fraction of sp³-hybridized carbons (Fsp3) is 0.227. The molecular formula is C22H20F3N5O4. The van der Waals surface area contributed by atoms with E-state index in [9.17, 15) is 28.5 Å². The molecule has 0 aliphatic carbocycles. The van der Waals surface area contributed by atoms with Crippen molar-refractivity contribution in [2.75, 3.05) is 11.5 Å². The van der Waals surface area contributed by atoms with Crippen molar-refractivity contribution >= 4 is 23.0 Å². The summed E-state index contributed by atoms with van der Waals surface area (Å²) in [6, 6.07) is 17.5. The van der Waals surface area contributed by atoms with Gasteiger partial charge in [-0.05, 0) is 24.3 Å². The number of alkyl halides is 3. The van der Waals surface area contributed by atoms with Gasteiger partial charge in [0.1, 0.15) is 18.3 Å². The fourth-order valence-corrected chi connectivity index (χ4v) is 3.41. The predicted octanol–water partition coefficient (Wildman–Crippen LogP) is 2.36. The summed E-state index contributed by atoms with van der Waals surface area (Å²) in [6.07, 6.45) is -10.3. The molecule has 0 radical (unpaired) electrons. The Hall–Kier alpha value is -3.58. The number of aliphatic hydroxyl groups is 4. The van der Waals surface area contributed by atoms with Gasteiger partial charge in [0.2, 0.25) is 5.95 Å². The van der Waals surface area contributed by atoms with Gasteiger partial charge < -0.3 is 20.4 Å². The van der Waals surface area contributed by atoms with E-state index in [0.29, 0.717) is 17.4 Å². The monoisotopic (exact) mass is 475 g/mol. The molecule has 0 unspecified atom stereocenters. The van der Waals surface area contributed by atoms with Crippen LogP contribution in [0.2, 0.25) is 0 Å². The number of aromatic nitrogens is 4. The maximum atomic E-state index is 13.7. The van der Waals surface area contributed by atoms with E-state index in [1.54, 1.807) is 60.7 Å². The standard InChI is InChI=1S/C22H20F3N5O4/c23-22(24,25)16-11-17-27-28-20(19(34)18(33)15(32)12-31)30(17)21(26-16)29(13-7-3-1-4-8-13)14-9-5-2-6-10-14/h1-11,15,18-19,31-34H,12H2/t15-,18+,19+/m1/s1. The highest BCUT2D eigenvalue weighted by Gasteiger charge is 2.37. The zero-order chi connectivity index (χ0) is 24.5. The first-order valence-electron chi connectivity index (χ1n) is 10.1. The summed E-state index contributed by atoms with van der Waals surface area (Å²) >= 11 is 0. The molecule has 0 bridgehead atoms. The van der Waals surface area contributed by atoms with Crippen LogP contribution < -0.4 is 4.90 Å². The molecule has 0 aliphatic rings. The number of fused-ring (bicyclic) bond motifs is 1. The number of rotatable bonds is 7. The first kappa shape index (κ1) is 23.6. The smallest absolute Gasteiger partial charge is 0.394 e. The van der Waals surface area contributed by atoms with Crippen molar-refractivity contribution in [2.45, 2.75) is 24.5 Å². The van der Waals surface area contributed by atoms with E-state index < -0.39 is 36.8 Å². The van der Waals surface area contributed by atoms with E-state index in [2.05, 4.69) is 15.2 Å². The van der Waals surface area contributed by atoms with Crippen molar-refractivity contribution < 1.29 is 33.6 Å². The Morgan fingerprint density at radius 3 is 1.94 bits per heavy atom. The number of aliphatic hydroxyl groups excluding tert-OH is 4. The summed E-state index contributed by atoms with van der Waals surface area (Å²) in [4.78, 5) is 5.26. The normalized spacial score (nSPS) is 14.7. The molecule has 178 valence electrons. The molecule has 0 amide bonds. The van der Waals surface area contributed by atoms with Crippen LogP contribution in [0.4, 0.5) is 30.5 Å². The summed E-state index contributed by atoms with van der Waals surface area (Å²) in [6.45, 7) is -0.863. The lowest BCUT2D eigenvalue weighted by Gasteiger charge is -2.27. The van der Waals surface area contributed by atoms with Gasteiger partial charge in [0.15, 0.2) is 17.2 Å². The minimum atomic E-state index is -4.81. The summed E-state index contributed by atoms with van der Waals surface area (Å²) in [5, 5.41) is 47.2. The highest BCUT2D eigenvalue weighted by Crippen LogP contribution is 2.37.